The van der Waals surface area contributed by atoms with Crippen molar-refractivity contribution in [3.05, 3.63) is 101 Å². The molecular formula is C32H37N4O5S+. The third-order valence-corrected chi connectivity index (χ3v) is 9.04. The molecule has 0 spiro atoms. The van der Waals surface area contributed by atoms with Crippen LogP contribution in [0.25, 0.3) is 11.1 Å². The molecule has 10 heteroatoms. The normalized spacial score (nSPS) is 13.9. The summed E-state index contributed by atoms with van der Waals surface area (Å²) in [5.74, 6) is -0.157. The van der Waals surface area contributed by atoms with Gasteiger partial charge in [0.15, 0.2) is 11.9 Å². The van der Waals surface area contributed by atoms with Crippen LogP contribution < -0.4 is 10.5 Å². The Kier molecular flexibility index (Phi) is 8.98. The number of anilines is 1. The number of hydrogen-bond acceptors (Lipinski definition) is 6. The Morgan fingerprint density at radius 1 is 0.929 bits per heavy atom. The third kappa shape index (κ3) is 6.45. The number of quaternary nitrogens is 1. The van der Waals surface area contributed by atoms with Crippen molar-refractivity contribution in [2.75, 3.05) is 11.8 Å². The highest BCUT2D eigenvalue weighted by Gasteiger charge is 2.45. The molecule has 0 fully saturated rings. The number of hydrogen-bond donors (Lipinski definition) is 2. The predicted molar refractivity (Wildman–Crippen MR) is 162 cm³/mol. The summed E-state index contributed by atoms with van der Waals surface area (Å²) in [5, 5.41) is 3.83. The number of nitrogens with zero attached hydrogens (tertiary/aromatic N) is 2. The van der Waals surface area contributed by atoms with Crippen molar-refractivity contribution in [3.8, 4) is 11.1 Å². The summed E-state index contributed by atoms with van der Waals surface area (Å²) in [4.78, 5) is 26.5. The highest BCUT2D eigenvalue weighted by atomic mass is 32.2. The maximum Gasteiger partial charge on any atom is 0.318 e. The summed E-state index contributed by atoms with van der Waals surface area (Å²) in [7, 11) is -2.22. The first-order chi connectivity index (χ1) is 19.8. The zero-order valence-corrected chi connectivity index (χ0v) is 25.3. The average Bonchev–Trinajstić information content (AvgIpc) is 3.25. The number of primary amides is 1. The van der Waals surface area contributed by atoms with Gasteiger partial charge in [-0.15, -0.1) is 0 Å². The number of aryl methyl sites for hydroxylation is 1. The lowest BCUT2D eigenvalue weighted by Gasteiger charge is -2.39. The van der Waals surface area contributed by atoms with E-state index in [2.05, 4.69) is 9.88 Å². The molecule has 1 aromatic heterocycles. The molecule has 0 aliphatic rings. The van der Waals surface area contributed by atoms with Crippen LogP contribution in [0, 0.1) is 19.8 Å². The van der Waals surface area contributed by atoms with Crippen molar-refractivity contribution in [2.24, 2.45) is 11.7 Å². The highest BCUT2D eigenvalue weighted by molar-refractivity contribution is 7.92. The molecule has 9 nitrogen and oxygen atoms in total. The molecule has 1 unspecified atom stereocenters. The van der Waals surface area contributed by atoms with Crippen molar-refractivity contribution in [3.63, 3.8) is 0 Å². The second-order valence-electron chi connectivity index (χ2n) is 11.1. The van der Waals surface area contributed by atoms with Gasteiger partial charge in [0.1, 0.15) is 12.3 Å². The second-order valence-corrected chi connectivity index (χ2v) is 12.7. The molecular weight excluding hydrogens is 552 g/mol. The molecule has 0 bridgehead atoms. The van der Waals surface area contributed by atoms with Crippen molar-refractivity contribution >= 4 is 27.7 Å². The van der Waals surface area contributed by atoms with Gasteiger partial charge in [0.05, 0.1) is 18.4 Å². The number of likely N-dealkylation sites (N-methyl/N-ethyl adjacent to an activating group) is 1. The summed E-state index contributed by atoms with van der Waals surface area (Å²) in [5.41, 5.74) is 9.31. The second kappa shape index (κ2) is 12.3. The summed E-state index contributed by atoms with van der Waals surface area (Å²) >= 11 is 0. The van der Waals surface area contributed by atoms with Gasteiger partial charge in [-0.3, -0.25) is 9.52 Å². The number of sulfonamides is 1. The summed E-state index contributed by atoms with van der Waals surface area (Å²) in [6, 6.07) is 22.7. The summed E-state index contributed by atoms with van der Waals surface area (Å²) in [6.07, 6.45) is 0.161. The van der Waals surface area contributed by atoms with Gasteiger partial charge < -0.3 is 10.3 Å². The van der Waals surface area contributed by atoms with Gasteiger partial charge in [0.25, 0.3) is 15.9 Å². The van der Waals surface area contributed by atoms with Crippen LogP contribution in [0.1, 0.15) is 36.3 Å². The Labute approximate surface area is 247 Å². The highest BCUT2D eigenvalue weighted by Crippen LogP contribution is 2.31. The van der Waals surface area contributed by atoms with Gasteiger partial charge in [-0.2, -0.15) is 0 Å². The zero-order chi connectivity index (χ0) is 30.7. The molecule has 4 rings (SSSR count). The lowest BCUT2D eigenvalue weighted by atomic mass is 9.96. The van der Waals surface area contributed by atoms with E-state index in [4.69, 9.17) is 10.3 Å². The van der Waals surface area contributed by atoms with E-state index in [-0.39, 0.29) is 40.0 Å². The molecule has 4 aromatic rings. The SMILES string of the molecule is Cc1onc(NS(=O)(=O)c2ccccc2-c2ccc(C[N+](C)(C(=O)Cc3ccccc3)[C@H](C(N)=O)C(C)C)cc2)c1C. The van der Waals surface area contributed by atoms with Crippen LogP contribution >= 0.6 is 0 Å². The number of nitrogens with two attached hydrogens (primary N) is 1. The summed E-state index contributed by atoms with van der Waals surface area (Å²) in [6.45, 7) is 7.45. The first-order valence-electron chi connectivity index (χ1n) is 13.7. The Hall–Kier alpha value is -4.28. The van der Waals surface area contributed by atoms with Gasteiger partial charge in [-0.25, -0.2) is 17.7 Å². The van der Waals surface area contributed by atoms with E-state index in [0.29, 0.717) is 22.5 Å². The monoisotopic (exact) mass is 589 g/mol. The van der Waals surface area contributed by atoms with Crippen molar-refractivity contribution in [1.29, 1.82) is 0 Å². The zero-order valence-electron chi connectivity index (χ0n) is 24.5. The first-order valence-corrected chi connectivity index (χ1v) is 15.2. The van der Waals surface area contributed by atoms with Crippen LogP contribution in [-0.2, 0) is 32.6 Å². The Morgan fingerprint density at radius 2 is 1.55 bits per heavy atom. The number of rotatable bonds is 11. The fourth-order valence-corrected chi connectivity index (χ4v) is 6.65. The van der Waals surface area contributed by atoms with Crippen molar-refractivity contribution in [1.82, 2.24) is 5.16 Å². The average molecular weight is 590 g/mol. The van der Waals surface area contributed by atoms with Gasteiger partial charge >= 0.3 is 5.91 Å². The number of aromatic nitrogens is 1. The number of amides is 2. The van der Waals surface area contributed by atoms with E-state index in [9.17, 15) is 18.0 Å². The molecule has 0 saturated carbocycles. The molecule has 0 radical (unpaired) electrons. The largest absolute Gasteiger partial charge is 0.364 e. The van der Waals surface area contributed by atoms with E-state index in [1.807, 2.05) is 68.4 Å². The molecule has 1 heterocycles. The van der Waals surface area contributed by atoms with E-state index >= 15 is 0 Å². The Balaban J connectivity index is 1.66. The van der Waals surface area contributed by atoms with Crippen LogP contribution in [0.4, 0.5) is 5.82 Å². The summed E-state index contributed by atoms with van der Waals surface area (Å²) < 4.78 is 34.2. The van der Waals surface area contributed by atoms with Crippen molar-refractivity contribution < 1.29 is 27.0 Å². The minimum Gasteiger partial charge on any atom is -0.364 e. The van der Waals surface area contributed by atoms with E-state index in [0.717, 1.165) is 11.1 Å². The minimum atomic E-state index is -3.98. The molecule has 0 saturated heterocycles. The standard InChI is InChI=1S/C32H36N4O5S/c1-21(2)30(31(33)38)36(5,29(37)19-24-11-7-6-8-12-24)20-25-15-17-26(18-16-25)27-13-9-10-14-28(27)42(39,40)35-32-22(3)23(4)41-34-32/h6-18,21,30H,19-20H2,1-5H3,(H2-,33,34,35,38)/p+1/t30-,36?/m0/s1. The quantitative estimate of drug-likeness (QED) is 0.237. The topological polar surface area (TPSA) is 132 Å². The van der Waals surface area contributed by atoms with Gasteiger partial charge in [-0.05, 0) is 31.0 Å². The Morgan fingerprint density at radius 3 is 2.12 bits per heavy atom. The molecule has 3 N–H and O–H groups in total. The van der Waals surface area contributed by atoms with Gasteiger partial charge in [-0.1, -0.05) is 91.8 Å². The van der Waals surface area contributed by atoms with E-state index in [1.54, 1.807) is 39.1 Å². The van der Waals surface area contributed by atoms with E-state index in [1.165, 1.54) is 6.07 Å². The molecule has 3 aromatic carbocycles. The lowest BCUT2D eigenvalue weighted by Crippen LogP contribution is -2.62. The smallest absolute Gasteiger partial charge is 0.318 e. The fraction of sp³-hybridized carbons (Fsp3) is 0.281. The number of nitrogens with one attached hydrogen (secondary N) is 1. The number of benzene rings is 3. The molecule has 2 atom stereocenters. The molecule has 0 aliphatic heterocycles. The fourth-order valence-electron chi connectivity index (χ4n) is 5.36. The first kappa shape index (κ1) is 30.7. The maximum absolute atomic E-state index is 13.8. The van der Waals surface area contributed by atoms with Crippen LogP contribution in [0.15, 0.2) is 88.3 Å². The van der Waals surface area contributed by atoms with Crippen molar-refractivity contribution in [2.45, 2.75) is 51.6 Å². The van der Waals surface area contributed by atoms with E-state index < -0.39 is 22.0 Å². The van der Waals surface area contributed by atoms with Crippen LogP contribution in [0.2, 0.25) is 0 Å². The third-order valence-electron chi connectivity index (χ3n) is 7.65. The van der Waals surface area contributed by atoms with Gasteiger partial charge in [0.2, 0.25) is 0 Å². The van der Waals surface area contributed by atoms with Crippen LogP contribution in [0.5, 0.6) is 0 Å². The Bertz CT molecular complexity index is 1680. The maximum atomic E-state index is 13.8. The number of carbonyl (C=O) groups is 2. The van der Waals surface area contributed by atoms with Crippen LogP contribution in [0.3, 0.4) is 0 Å². The molecule has 220 valence electrons. The predicted octanol–water partition coefficient (Wildman–Crippen LogP) is 4.99. The molecule has 2 amide bonds. The van der Waals surface area contributed by atoms with Crippen LogP contribution in [-0.4, -0.2) is 43.0 Å². The minimum absolute atomic E-state index is 0.0880. The number of carbonyl (C=O) groups excluding carboxylic acids is 2. The lowest BCUT2D eigenvalue weighted by molar-refractivity contribution is -0.867. The molecule has 0 aliphatic carbocycles. The molecule has 42 heavy (non-hydrogen) atoms. The van der Waals surface area contributed by atoms with Gasteiger partial charge in [0, 0.05) is 22.6 Å².